The molecule has 0 aliphatic carbocycles. The molecule has 0 saturated heterocycles. The lowest BCUT2D eigenvalue weighted by molar-refractivity contribution is -0.458. The van der Waals surface area contributed by atoms with Crippen molar-refractivity contribution in [2.45, 2.75) is 75.5 Å². The van der Waals surface area contributed by atoms with Gasteiger partial charge in [-0.1, -0.05) is 35.4 Å². The molecule has 0 radical (unpaired) electrons. The lowest BCUT2D eigenvalue weighted by Crippen LogP contribution is -2.75. The minimum absolute atomic E-state index is 0.0458. The van der Waals surface area contributed by atoms with Gasteiger partial charge in [-0.05, 0) is 60.6 Å². The first-order valence-corrected chi connectivity index (χ1v) is 16.2. The van der Waals surface area contributed by atoms with Crippen LogP contribution in [0.1, 0.15) is 11.1 Å². The van der Waals surface area contributed by atoms with Crippen LogP contribution in [0.15, 0.2) is 81.4 Å². The number of benzene rings is 3. The minimum atomic E-state index is -9.07. The highest BCUT2D eigenvalue weighted by Crippen LogP contribution is 2.72. The summed E-state index contributed by atoms with van der Waals surface area (Å²) in [6.45, 7) is 2.67. The summed E-state index contributed by atoms with van der Waals surface area (Å²) in [6.07, 6.45) is -7.98. The second-order valence-electron chi connectivity index (χ2n) is 10.7. The van der Waals surface area contributed by atoms with E-state index in [0.717, 1.165) is 48.5 Å². The van der Waals surface area contributed by atoms with Gasteiger partial charge < -0.3 is 0 Å². The summed E-state index contributed by atoms with van der Waals surface area (Å²) in [6, 6.07) is 7.65. The van der Waals surface area contributed by atoms with Gasteiger partial charge in [0.15, 0.2) is 0 Å². The Morgan fingerprint density at radius 1 is 0.481 bits per heavy atom. The first kappa shape index (κ1) is 43.0. The van der Waals surface area contributed by atoms with Crippen LogP contribution in [0.5, 0.6) is 0 Å². The predicted molar refractivity (Wildman–Crippen MR) is 142 cm³/mol. The quantitative estimate of drug-likeness (QED) is 0.171. The molecule has 0 aliphatic rings. The monoisotopic (exact) mass is 826 g/mol. The first-order valence-electron chi connectivity index (χ1n) is 13.2. The van der Waals surface area contributed by atoms with E-state index in [9.17, 15) is 78.7 Å². The molecule has 0 fully saturated rings. The van der Waals surface area contributed by atoms with Crippen molar-refractivity contribution in [2.75, 3.05) is 0 Å². The Balaban J connectivity index is 2.38. The largest absolute Gasteiger partial charge is 0.460 e. The van der Waals surface area contributed by atoms with Gasteiger partial charge in [0.2, 0.25) is 0 Å². The molecule has 0 aliphatic heterocycles. The van der Waals surface area contributed by atoms with Crippen molar-refractivity contribution >= 4 is 20.4 Å². The Labute approximate surface area is 281 Å². The van der Waals surface area contributed by atoms with Crippen molar-refractivity contribution in [3.05, 3.63) is 89.5 Å². The highest BCUT2D eigenvalue weighted by atomic mass is 32.3. The van der Waals surface area contributed by atoms with E-state index in [1.807, 2.05) is 0 Å². The molecular weight excluding hydrogens is 809 g/mol. The number of rotatable bonds is 12. The molecule has 52 heavy (non-hydrogen) atoms. The molecule has 3 aromatic rings. The number of halogens is 19. The third-order valence-corrected chi connectivity index (χ3v) is 12.3. The van der Waals surface area contributed by atoms with Crippen LogP contribution in [-0.2, 0) is 13.7 Å². The fourth-order valence-electron chi connectivity index (χ4n) is 4.16. The molecule has 0 unspecified atom stereocenters. The summed E-state index contributed by atoms with van der Waals surface area (Å²) in [5.41, 5.74) is 0.493. The zero-order chi connectivity index (χ0) is 40.5. The first-order chi connectivity index (χ1) is 23.1. The second-order valence-corrected chi connectivity index (χ2v) is 15.2. The maximum absolute atomic E-state index is 15.4. The van der Waals surface area contributed by atoms with Crippen molar-refractivity contribution in [2.24, 2.45) is 0 Å². The SMILES string of the molecule is Cc1ccc(S(OS(=O)(=O)C(F)(F)C(F)(F)C(F)(F)C(F)(F)C(F)(F)C(F)(F)C(F)(F)C(F)(F)F)(c2ccc(C)cc2)c2ccc(F)cc2F)cc1. The van der Waals surface area contributed by atoms with Crippen molar-refractivity contribution < 1.29 is 95.5 Å². The molecule has 292 valence electrons. The van der Waals surface area contributed by atoms with Crippen molar-refractivity contribution in [1.29, 1.82) is 0 Å². The summed E-state index contributed by atoms with van der Waals surface area (Å²) in [5, 5.41) is -8.06. The number of alkyl halides is 17. The van der Waals surface area contributed by atoms with Gasteiger partial charge in [0.05, 0.1) is 4.90 Å². The lowest BCUT2D eigenvalue weighted by Gasteiger charge is -2.44. The van der Waals surface area contributed by atoms with Gasteiger partial charge in [0.1, 0.15) is 11.6 Å². The Bertz CT molecular complexity index is 1840. The summed E-state index contributed by atoms with van der Waals surface area (Å²) >= 11 is 0. The van der Waals surface area contributed by atoms with E-state index < -0.39 is 93.7 Å². The van der Waals surface area contributed by atoms with Gasteiger partial charge in [-0.2, -0.15) is 83.1 Å². The van der Waals surface area contributed by atoms with E-state index in [4.69, 9.17) is 0 Å². The van der Waals surface area contributed by atoms with E-state index in [0.29, 0.717) is 6.07 Å². The van der Waals surface area contributed by atoms with Gasteiger partial charge in [0.25, 0.3) is 0 Å². The fourth-order valence-corrected chi connectivity index (χ4v) is 9.35. The molecule has 0 saturated carbocycles. The normalized spacial score (nSPS) is 15.2. The molecule has 0 atom stereocenters. The maximum Gasteiger partial charge on any atom is 0.460 e. The lowest BCUT2D eigenvalue weighted by atomic mass is 9.91. The molecular formula is C28H17F19O3S2. The van der Waals surface area contributed by atoms with Crippen LogP contribution in [0.25, 0.3) is 0 Å². The Hall–Kier alpha value is -3.41. The van der Waals surface area contributed by atoms with Crippen molar-refractivity contribution in [1.82, 2.24) is 0 Å². The van der Waals surface area contributed by atoms with Crippen LogP contribution in [0.3, 0.4) is 0 Å². The highest BCUT2D eigenvalue weighted by Gasteiger charge is 2.96. The number of hydrogen-bond donors (Lipinski definition) is 0. The molecule has 0 heterocycles. The smallest absolute Gasteiger partial charge is 0.207 e. The zero-order valence-electron chi connectivity index (χ0n) is 25.1. The van der Waals surface area contributed by atoms with Crippen LogP contribution in [0.2, 0.25) is 0 Å². The average molecular weight is 827 g/mol. The average Bonchev–Trinajstić information content (AvgIpc) is 2.99. The number of hydrogen-bond acceptors (Lipinski definition) is 3. The molecule has 0 aromatic heterocycles. The molecule has 3 rings (SSSR count). The standard InChI is InChI=1S/C28H17F19O3S2/c1-14-3-8-17(9-4-14)51(18-10-5-15(2)6-11-18,20-12-7-16(29)13-19(20)30)50-52(48,49)28(46,47)26(41,42)24(37,38)22(33,34)21(31,32)23(35,36)25(39,40)27(43,44)45/h3-13H,1-2H3. The second kappa shape index (κ2) is 12.9. The fraction of sp³-hybridized carbons (Fsp3) is 0.357. The Morgan fingerprint density at radius 3 is 1.17 bits per heavy atom. The van der Waals surface area contributed by atoms with Crippen LogP contribution in [0.4, 0.5) is 83.4 Å². The molecule has 0 spiro atoms. The van der Waals surface area contributed by atoms with Crippen molar-refractivity contribution in [3.63, 3.8) is 0 Å². The van der Waals surface area contributed by atoms with Crippen molar-refractivity contribution in [3.8, 4) is 0 Å². The number of aryl methyl sites for hydroxylation is 2. The maximum atomic E-state index is 15.4. The van der Waals surface area contributed by atoms with Gasteiger partial charge in [0, 0.05) is 15.9 Å². The summed E-state index contributed by atoms with van der Waals surface area (Å²) in [5.74, 6) is -56.3. The molecule has 24 heteroatoms. The third kappa shape index (κ3) is 6.14. The van der Waals surface area contributed by atoms with Crippen LogP contribution in [0, 0.1) is 25.5 Å². The van der Waals surface area contributed by atoms with Gasteiger partial charge in [-0.15, -0.1) is 0 Å². The van der Waals surface area contributed by atoms with Crippen LogP contribution >= 0.6 is 10.3 Å². The molecule has 3 nitrogen and oxygen atoms in total. The van der Waals surface area contributed by atoms with Crippen LogP contribution in [-0.4, -0.2) is 55.4 Å². The summed E-state index contributed by atoms with van der Waals surface area (Å²) in [4.78, 5) is -2.98. The molecule has 3 aromatic carbocycles. The van der Waals surface area contributed by atoms with Gasteiger partial charge in [-0.3, -0.25) is 0 Å². The third-order valence-electron chi connectivity index (χ3n) is 7.11. The van der Waals surface area contributed by atoms with Crippen LogP contribution < -0.4 is 0 Å². The van der Waals surface area contributed by atoms with Gasteiger partial charge in [-0.25, -0.2) is 12.4 Å². The van der Waals surface area contributed by atoms with E-state index in [1.54, 1.807) is 0 Å². The topological polar surface area (TPSA) is 43.4 Å². The zero-order valence-corrected chi connectivity index (χ0v) is 26.7. The van der Waals surface area contributed by atoms with E-state index in [1.165, 1.54) is 13.8 Å². The van der Waals surface area contributed by atoms with E-state index in [2.05, 4.69) is 3.63 Å². The summed E-state index contributed by atoms with van der Waals surface area (Å²) < 4.78 is 297. The summed E-state index contributed by atoms with van der Waals surface area (Å²) in [7, 11) is -13.3. The highest BCUT2D eigenvalue weighted by molar-refractivity contribution is 8.33. The Kier molecular flexibility index (Phi) is 10.6. The van der Waals surface area contributed by atoms with Gasteiger partial charge >= 0.3 is 57.1 Å². The molecule has 0 bridgehead atoms. The van der Waals surface area contributed by atoms with E-state index in [-0.39, 0.29) is 23.3 Å². The predicted octanol–water partition coefficient (Wildman–Crippen LogP) is 11.1. The minimum Gasteiger partial charge on any atom is -0.207 e. The molecule has 0 N–H and O–H groups in total. The Morgan fingerprint density at radius 2 is 0.827 bits per heavy atom. The van der Waals surface area contributed by atoms with E-state index >= 15 is 13.2 Å². The molecule has 0 amide bonds.